The maximum atomic E-state index is 13.9. The molecule has 0 fully saturated rings. The van der Waals surface area contributed by atoms with Crippen LogP contribution < -0.4 is 0 Å². The average molecular weight is 531 g/mol. The summed E-state index contributed by atoms with van der Waals surface area (Å²) in [6, 6.07) is 21.2. The number of pyridine rings is 1. The van der Waals surface area contributed by atoms with E-state index in [9.17, 15) is 23.7 Å². The molecule has 0 amide bonds. The van der Waals surface area contributed by atoms with Crippen LogP contribution in [0.2, 0.25) is 0 Å². The van der Waals surface area contributed by atoms with Gasteiger partial charge in [-0.1, -0.05) is 74.9 Å². The Morgan fingerprint density at radius 1 is 1.08 bits per heavy atom. The first kappa shape index (κ1) is 27.1. The van der Waals surface area contributed by atoms with Gasteiger partial charge in [-0.2, -0.15) is 4.89 Å². The summed E-state index contributed by atoms with van der Waals surface area (Å²) in [5.74, 6) is -1.58. The van der Waals surface area contributed by atoms with Crippen molar-refractivity contribution in [1.82, 2.24) is 4.98 Å². The molecule has 1 heterocycles. The number of rotatable bonds is 8. The summed E-state index contributed by atoms with van der Waals surface area (Å²) in [4.78, 5) is 27.3. The van der Waals surface area contributed by atoms with Crippen molar-refractivity contribution < 1.29 is 28.5 Å². The van der Waals surface area contributed by atoms with Crippen molar-refractivity contribution in [3.05, 3.63) is 89.9 Å². The molecule has 0 saturated heterocycles. The van der Waals surface area contributed by atoms with E-state index in [4.69, 9.17) is 11.4 Å². The highest BCUT2D eigenvalue weighted by atomic mass is 31.1. The molecule has 3 aromatic carbocycles. The number of carbonyl (C=O) groups is 1. The number of esters is 1. The topological polar surface area (TPSA) is 96.7 Å². The van der Waals surface area contributed by atoms with Crippen LogP contribution in [-0.2, 0) is 14.1 Å². The van der Waals surface area contributed by atoms with E-state index < -0.39 is 38.0 Å². The van der Waals surface area contributed by atoms with Gasteiger partial charge in [-0.25, -0.2) is 4.39 Å². The molecule has 192 valence electrons. The maximum absolute atomic E-state index is 13.9. The summed E-state index contributed by atoms with van der Waals surface area (Å²) in [6.45, 7) is 3.77. The highest BCUT2D eigenvalue weighted by molar-refractivity contribution is 7.38. The third-order valence-corrected chi connectivity index (χ3v) is 7.38. The largest absolute Gasteiger partial charge is 0.516 e. The molecule has 4 aromatic rings. The van der Waals surface area contributed by atoms with Gasteiger partial charge < -0.3 is 9.84 Å². The number of terminal acetylenes is 1. The Bertz CT molecular complexity index is 1540. The van der Waals surface area contributed by atoms with Crippen molar-refractivity contribution >= 4 is 24.8 Å². The van der Waals surface area contributed by atoms with E-state index in [1.54, 1.807) is 24.3 Å². The molecule has 8 heteroatoms. The van der Waals surface area contributed by atoms with E-state index in [2.05, 4.69) is 4.74 Å². The molecule has 0 radical (unpaired) electrons. The molecule has 3 unspecified atom stereocenters. The number of benzene rings is 3. The van der Waals surface area contributed by atoms with E-state index in [0.29, 0.717) is 28.1 Å². The lowest BCUT2D eigenvalue weighted by atomic mass is 9.88. The van der Waals surface area contributed by atoms with Crippen molar-refractivity contribution in [3.8, 4) is 34.9 Å². The van der Waals surface area contributed by atoms with Crippen LogP contribution in [0, 0.1) is 18.3 Å². The SMILES string of the molecule is C#COC(=O)CC(O)C(c1c(-c2ccc(F)cc2)cc(-c2cccc3ccccc23)nc1C(C)C)[P+](=O)O. The molecule has 6 nitrogen and oxygen atoms in total. The zero-order valence-corrected chi connectivity index (χ0v) is 21.7. The smallest absolute Gasteiger partial charge is 0.387 e. The van der Waals surface area contributed by atoms with Crippen LogP contribution in [0.4, 0.5) is 4.39 Å². The summed E-state index contributed by atoms with van der Waals surface area (Å²) >= 11 is 0. The molecule has 0 saturated carbocycles. The quantitative estimate of drug-likeness (QED) is 0.154. The molecule has 0 bridgehead atoms. The van der Waals surface area contributed by atoms with Crippen molar-refractivity contribution in [3.63, 3.8) is 0 Å². The molecule has 38 heavy (non-hydrogen) atoms. The summed E-state index contributed by atoms with van der Waals surface area (Å²) in [7, 11) is -3.04. The lowest BCUT2D eigenvalue weighted by Gasteiger charge is -2.22. The van der Waals surface area contributed by atoms with Gasteiger partial charge in [0.25, 0.3) is 0 Å². The van der Waals surface area contributed by atoms with Crippen molar-refractivity contribution in [2.45, 2.75) is 37.9 Å². The Morgan fingerprint density at radius 3 is 2.42 bits per heavy atom. The average Bonchev–Trinajstić information content (AvgIpc) is 2.88. The van der Waals surface area contributed by atoms with Gasteiger partial charge in [-0.3, -0.25) is 9.78 Å². The Balaban J connectivity index is 2.02. The van der Waals surface area contributed by atoms with Gasteiger partial charge in [0.15, 0.2) is 0 Å². The van der Waals surface area contributed by atoms with Gasteiger partial charge in [0.05, 0.1) is 17.8 Å². The fourth-order valence-corrected chi connectivity index (χ4v) is 5.51. The minimum Gasteiger partial charge on any atom is -0.387 e. The number of aromatic nitrogens is 1. The Labute approximate surface area is 221 Å². The van der Waals surface area contributed by atoms with Crippen LogP contribution in [-0.4, -0.2) is 27.1 Å². The van der Waals surface area contributed by atoms with Crippen LogP contribution >= 0.6 is 8.03 Å². The molecular formula is C30H26FNO5P+. The second-order valence-corrected chi connectivity index (χ2v) is 10.3. The van der Waals surface area contributed by atoms with E-state index in [0.717, 1.165) is 16.3 Å². The standard InChI is InChI=1S/C30H25FNO5P/c1-4-37-27(34)17-26(33)30(38(35)36)28-24(20-12-14-21(31)15-13-20)16-25(32-29(28)18(2)3)23-11-7-9-19-8-5-6-10-22(19)23/h1,5-16,18,26,30,33H,17H2,2-3H3/p+1. The highest BCUT2D eigenvalue weighted by Gasteiger charge is 2.44. The van der Waals surface area contributed by atoms with Gasteiger partial charge in [-0.05, 0) is 50.6 Å². The van der Waals surface area contributed by atoms with E-state index in [1.165, 1.54) is 12.1 Å². The third kappa shape index (κ3) is 5.64. The predicted molar refractivity (Wildman–Crippen MR) is 145 cm³/mol. The van der Waals surface area contributed by atoms with E-state index in [1.807, 2.05) is 56.3 Å². The number of aliphatic hydroxyl groups is 1. The number of aliphatic hydroxyl groups excluding tert-OH is 1. The molecule has 3 atom stereocenters. The number of hydrogen-bond acceptors (Lipinski definition) is 5. The van der Waals surface area contributed by atoms with Gasteiger partial charge in [0, 0.05) is 11.1 Å². The van der Waals surface area contributed by atoms with Gasteiger partial charge >= 0.3 is 14.0 Å². The van der Waals surface area contributed by atoms with Gasteiger partial charge in [0.2, 0.25) is 5.66 Å². The number of hydrogen-bond donors (Lipinski definition) is 2. The van der Waals surface area contributed by atoms with Crippen molar-refractivity contribution in [1.29, 1.82) is 0 Å². The summed E-state index contributed by atoms with van der Waals surface area (Å²) in [5, 5.41) is 13.0. The Morgan fingerprint density at radius 2 is 1.76 bits per heavy atom. The number of ether oxygens (including phenoxy) is 1. The first-order chi connectivity index (χ1) is 18.2. The number of carbonyl (C=O) groups excluding carboxylic acids is 1. The molecule has 2 N–H and O–H groups in total. The monoisotopic (exact) mass is 530 g/mol. The Hall–Kier alpha value is -3.95. The first-order valence-electron chi connectivity index (χ1n) is 12.0. The second kappa shape index (κ2) is 11.6. The molecule has 4 rings (SSSR count). The molecule has 0 spiro atoms. The molecule has 0 aliphatic heterocycles. The fourth-order valence-electron chi connectivity index (χ4n) is 4.62. The van der Waals surface area contributed by atoms with Crippen LogP contribution in [0.25, 0.3) is 33.2 Å². The number of halogens is 1. The number of fused-ring (bicyclic) bond motifs is 1. The molecular weight excluding hydrogens is 504 g/mol. The lowest BCUT2D eigenvalue weighted by Crippen LogP contribution is -2.23. The van der Waals surface area contributed by atoms with Crippen LogP contribution in [0.15, 0.2) is 72.8 Å². The van der Waals surface area contributed by atoms with Crippen molar-refractivity contribution in [2.75, 3.05) is 0 Å². The van der Waals surface area contributed by atoms with Crippen molar-refractivity contribution in [2.24, 2.45) is 0 Å². The zero-order valence-electron chi connectivity index (χ0n) is 20.8. The molecule has 0 aliphatic rings. The van der Waals surface area contributed by atoms with E-state index in [-0.39, 0.29) is 5.92 Å². The third-order valence-electron chi connectivity index (χ3n) is 6.30. The van der Waals surface area contributed by atoms with Crippen LogP contribution in [0.1, 0.15) is 43.1 Å². The normalized spacial score (nSPS) is 13.1. The predicted octanol–water partition coefficient (Wildman–Crippen LogP) is 6.49. The molecule has 1 aromatic heterocycles. The molecule has 0 aliphatic carbocycles. The highest BCUT2D eigenvalue weighted by Crippen LogP contribution is 2.49. The summed E-state index contributed by atoms with van der Waals surface area (Å²) in [5.41, 5.74) is 1.92. The minimum atomic E-state index is -3.04. The summed E-state index contributed by atoms with van der Waals surface area (Å²) in [6.07, 6.45) is 4.58. The summed E-state index contributed by atoms with van der Waals surface area (Å²) < 4.78 is 31.1. The zero-order chi connectivity index (χ0) is 27.4. The lowest BCUT2D eigenvalue weighted by molar-refractivity contribution is -0.139. The Kier molecular flexibility index (Phi) is 8.29. The van der Waals surface area contributed by atoms with Gasteiger partial charge in [-0.15, -0.1) is 0 Å². The first-order valence-corrected chi connectivity index (χ1v) is 13.3. The van der Waals surface area contributed by atoms with Gasteiger partial charge in [0.1, 0.15) is 18.0 Å². The van der Waals surface area contributed by atoms with Crippen LogP contribution in [0.5, 0.6) is 0 Å². The fraction of sp³-hybridized carbons (Fsp3) is 0.200. The van der Waals surface area contributed by atoms with E-state index >= 15 is 0 Å². The van der Waals surface area contributed by atoms with Crippen LogP contribution in [0.3, 0.4) is 0 Å². The number of nitrogens with zero attached hydrogens (tertiary/aromatic N) is 1. The maximum Gasteiger partial charge on any atom is 0.516 e. The second-order valence-electron chi connectivity index (χ2n) is 9.15. The minimum absolute atomic E-state index is 0.235.